The van der Waals surface area contributed by atoms with Crippen LogP contribution in [0.4, 0.5) is 0 Å². The zero-order chi connectivity index (χ0) is 25.6. The highest BCUT2D eigenvalue weighted by molar-refractivity contribution is 6.09. The van der Waals surface area contributed by atoms with Crippen LogP contribution in [0.3, 0.4) is 0 Å². The minimum absolute atomic E-state index is 0.126. The van der Waals surface area contributed by atoms with Crippen molar-refractivity contribution in [3.8, 4) is 16.8 Å². The van der Waals surface area contributed by atoms with Gasteiger partial charge in [-0.3, -0.25) is 4.79 Å². The lowest BCUT2D eigenvalue weighted by molar-refractivity contribution is -0.142. The van der Waals surface area contributed by atoms with E-state index >= 15 is 0 Å². The van der Waals surface area contributed by atoms with Crippen molar-refractivity contribution in [1.82, 2.24) is 4.57 Å². The number of ether oxygens (including phenoxy) is 1. The number of nitrogens with zero attached hydrogens (tertiary/aromatic N) is 1. The van der Waals surface area contributed by atoms with Crippen molar-refractivity contribution in [3.63, 3.8) is 0 Å². The van der Waals surface area contributed by atoms with E-state index in [1.807, 2.05) is 18.2 Å². The molecule has 0 bridgehead atoms. The zero-order valence-corrected chi connectivity index (χ0v) is 21.1. The number of hydrogen-bond acceptors (Lipinski definition) is 2. The Labute approximate surface area is 221 Å². The van der Waals surface area contributed by atoms with Crippen molar-refractivity contribution in [3.05, 3.63) is 139 Å². The third-order valence-electron chi connectivity index (χ3n) is 8.01. The van der Waals surface area contributed by atoms with Crippen LogP contribution >= 0.6 is 0 Å². The molecule has 38 heavy (non-hydrogen) atoms. The molecular weight excluding hydrogens is 466 g/mol. The molecule has 1 saturated carbocycles. The summed E-state index contributed by atoms with van der Waals surface area (Å²) in [7, 11) is 1.48. The number of carbonyl (C=O) groups is 1. The Kier molecular flexibility index (Phi) is 5.36. The second kappa shape index (κ2) is 9.04. The number of para-hydroxylation sites is 2. The van der Waals surface area contributed by atoms with Crippen LogP contribution in [0.15, 0.2) is 127 Å². The summed E-state index contributed by atoms with van der Waals surface area (Å²) in [6, 6.07) is 44.9. The summed E-state index contributed by atoms with van der Waals surface area (Å²) in [5, 5.41) is 2.53. The maximum absolute atomic E-state index is 12.5. The van der Waals surface area contributed by atoms with Crippen molar-refractivity contribution >= 4 is 27.8 Å². The molecule has 0 radical (unpaired) electrons. The van der Waals surface area contributed by atoms with E-state index < -0.39 is 0 Å². The molecule has 5 aromatic carbocycles. The molecule has 1 aliphatic carbocycles. The van der Waals surface area contributed by atoms with Gasteiger partial charge < -0.3 is 9.30 Å². The second-order valence-corrected chi connectivity index (χ2v) is 10.0. The monoisotopic (exact) mass is 493 g/mol. The molecule has 3 heteroatoms. The Morgan fingerprint density at radius 2 is 1.05 bits per heavy atom. The summed E-state index contributed by atoms with van der Waals surface area (Å²) in [5.41, 5.74) is 8.27. The van der Waals surface area contributed by atoms with E-state index in [0.717, 1.165) is 11.3 Å². The molecule has 1 aliphatic rings. The maximum atomic E-state index is 12.5. The standard InChI is InChI=1S/C35H27NO2/c1-38-35(37)34-32(25-9-3-2-4-10-25)33(34)26-17-15-23(16-18-26)24-19-21-27(22-20-24)36-30-13-7-5-11-28(30)29-12-6-8-14-31(29)36/h2-22,32-34H,1H3. The van der Waals surface area contributed by atoms with Gasteiger partial charge in [0.2, 0.25) is 0 Å². The topological polar surface area (TPSA) is 31.2 Å². The van der Waals surface area contributed by atoms with Gasteiger partial charge in [-0.05, 0) is 46.5 Å². The summed E-state index contributed by atoms with van der Waals surface area (Å²) in [4.78, 5) is 12.5. The number of fused-ring (bicyclic) bond motifs is 3. The fraction of sp³-hybridized carbons (Fsp3) is 0.114. The highest BCUT2D eigenvalue weighted by Crippen LogP contribution is 2.61. The molecule has 0 amide bonds. The number of benzene rings is 5. The molecule has 0 aliphatic heterocycles. The van der Waals surface area contributed by atoms with Gasteiger partial charge in [-0.1, -0.05) is 103 Å². The van der Waals surface area contributed by atoms with Gasteiger partial charge in [0.05, 0.1) is 24.1 Å². The Balaban J connectivity index is 1.19. The van der Waals surface area contributed by atoms with Crippen LogP contribution in [0.25, 0.3) is 38.6 Å². The van der Waals surface area contributed by atoms with Gasteiger partial charge in [-0.2, -0.15) is 0 Å². The van der Waals surface area contributed by atoms with Crippen LogP contribution in [0.2, 0.25) is 0 Å². The predicted molar refractivity (Wildman–Crippen MR) is 154 cm³/mol. The van der Waals surface area contributed by atoms with Crippen LogP contribution in [0.5, 0.6) is 0 Å². The largest absolute Gasteiger partial charge is 0.469 e. The summed E-state index contributed by atoms with van der Waals surface area (Å²) < 4.78 is 7.46. The number of aromatic nitrogens is 1. The Morgan fingerprint density at radius 3 is 1.61 bits per heavy atom. The highest BCUT2D eigenvalue weighted by atomic mass is 16.5. The minimum atomic E-state index is -0.131. The van der Waals surface area contributed by atoms with Gasteiger partial charge >= 0.3 is 5.97 Å². The lowest BCUT2D eigenvalue weighted by Crippen LogP contribution is -2.05. The first kappa shape index (κ1) is 22.6. The van der Waals surface area contributed by atoms with E-state index in [0.29, 0.717) is 0 Å². The van der Waals surface area contributed by atoms with E-state index in [9.17, 15) is 4.79 Å². The van der Waals surface area contributed by atoms with Crippen LogP contribution in [0, 0.1) is 5.92 Å². The smallest absolute Gasteiger partial charge is 0.309 e. The SMILES string of the molecule is COC(=O)C1C(c2ccccc2)C1c1ccc(-c2ccc(-n3c4ccccc4c4ccccc43)cc2)cc1. The van der Waals surface area contributed by atoms with Crippen molar-refractivity contribution < 1.29 is 9.53 Å². The summed E-state index contributed by atoms with van der Waals surface area (Å²) >= 11 is 0. The lowest BCUT2D eigenvalue weighted by Gasteiger charge is -2.10. The molecule has 0 saturated heterocycles. The summed E-state index contributed by atoms with van der Waals surface area (Å²) in [6.45, 7) is 0. The Hall–Kier alpha value is -4.63. The van der Waals surface area contributed by atoms with Gasteiger partial charge in [0.25, 0.3) is 0 Å². The molecule has 1 aromatic heterocycles. The molecule has 1 heterocycles. The van der Waals surface area contributed by atoms with Gasteiger partial charge in [0, 0.05) is 28.3 Å². The highest BCUT2D eigenvalue weighted by Gasteiger charge is 2.56. The van der Waals surface area contributed by atoms with Crippen LogP contribution in [-0.4, -0.2) is 17.6 Å². The number of methoxy groups -OCH3 is 1. The fourth-order valence-electron chi connectivity index (χ4n) is 6.15. The predicted octanol–water partition coefficient (Wildman–Crippen LogP) is 8.12. The minimum Gasteiger partial charge on any atom is -0.469 e. The molecule has 3 atom stereocenters. The first-order valence-electron chi connectivity index (χ1n) is 13.1. The molecule has 1 fully saturated rings. The van der Waals surface area contributed by atoms with Gasteiger partial charge in [0.15, 0.2) is 0 Å². The molecule has 3 nitrogen and oxygen atoms in total. The van der Waals surface area contributed by atoms with E-state index in [1.165, 1.54) is 45.6 Å². The number of esters is 1. The van der Waals surface area contributed by atoms with Crippen molar-refractivity contribution in [2.75, 3.05) is 7.11 Å². The normalized spacial score (nSPS) is 18.5. The molecule has 0 N–H and O–H groups in total. The maximum Gasteiger partial charge on any atom is 0.309 e. The van der Waals surface area contributed by atoms with Gasteiger partial charge in [-0.25, -0.2) is 0 Å². The lowest BCUT2D eigenvalue weighted by atomic mass is 10.00. The third-order valence-corrected chi connectivity index (χ3v) is 8.01. The van der Waals surface area contributed by atoms with Crippen molar-refractivity contribution in [2.24, 2.45) is 5.92 Å². The summed E-state index contributed by atoms with van der Waals surface area (Å²) in [5.74, 6) is 0.0592. The number of hydrogen-bond donors (Lipinski definition) is 0. The molecule has 7 rings (SSSR count). The van der Waals surface area contributed by atoms with Gasteiger partial charge in [-0.15, -0.1) is 0 Å². The number of rotatable bonds is 5. The molecular formula is C35H27NO2. The number of carbonyl (C=O) groups excluding carboxylic acids is 1. The van der Waals surface area contributed by atoms with E-state index in [1.54, 1.807) is 0 Å². The molecule has 6 aromatic rings. The molecule has 184 valence electrons. The average molecular weight is 494 g/mol. The van der Waals surface area contributed by atoms with Crippen LogP contribution in [0.1, 0.15) is 23.0 Å². The van der Waals surface area contributed by atoms with Crippen LogP contribution < -0.4 is 0 Å². The Morgan fingerprint density at radius 1 is 0.579 bits per heavy atom. The van der Waals surface area contributed by atoms with E-state index in [2.05, 4.69) is 114 Å². The molecule has 0 spiro atoms. The summed E-state index contributed by atoms with van der Waals surface area (Å²) in [6.07, 6.45) is 0. The second-order valence-electron chi connectivity index (χ2n) is 10.0. The average Bonchev–Trinajstić information content (AvgIpc) is 3.65. The van der Waals surface area contributed by atoms with E-state index in [-0.39, 0.29) is 23.7 Å². The van der Waals surface area contributed by atoms with Gasteiger partial charge in [0.1, 0.15) is 0 Å². The molecule has 3 unspecified atom stereocenters. The van der Waals surface area contributed by atoms with Crippen molar-refractivity contribution in [2.45, 2.75) is 11.8 Å². The van der Waals surface area contributed by atoms with Crippen LogP contribution in [-0.2, 0) is 9.53 Å². The first-order chi connectivity index (χ1) is 18.7. The third kappa shape index (κ3) is 3.62. The zero-order valence-electron chi connectivity index (χ0n) is 21.1. The van der Waals surface area contributed by atoms with Crippen molar-refractivity contribution in [1.29, 1.82) is 0 Å². The fourth-order valence-corrected chi connectivity index (χ4v) is 6.15. The van der Waals surface area contributed by atoms with E-state index in [4.69, 9.17) is 4.74 Å². The quantitative estimate of drug-likeness (QED) is 0.227. The Bertz CT molecular complexity index is 1710. The first-order valence-corrected chi connectivity index (χ1v) is 13.1.